The van der Waals surface area contributed by atoms with E-state index in [9.17, 15) is 4.79 Å². The number of nitrogens with zero attached hydrogens (tertiary/aromatic N) is 5. The molecule has 0 saturated heterocycles. The first-order chi connectivity index (χ1) is 14.6. The van der Waals surface area contributed by atoms with Crippen molar-refractivity contribution in [1.29, 1.82) is 0 Å². The molecule has 150 valence electrons. The summed E-state index contributed by atoms with van der Waals surface area (Å²) in [5.74, 6) is -0.0881. The highest BCUT2D eigenvalue weighted by Crippen LogP contribution is 2.23. The molecule has 0 fully saturated rings. The van der Waals surface area contributed by atoms with Crippen LogP contribution < -0.4 is 0 Å². The molecule has 0 bridgehead atoms. The van der Waals surface area contributed by atoms with Crippen LogP contribution in [-0.4, -0.2) is 30.3 Å². The monoisotopic (exact) mass is 397 g/mol. The van der Waals surface area contributed by atoms with Crippen molar-refractivity contribution in [3.63, 3.8) is 0 Å². The van der Waals surface area contributed by atoms with Crippen LogP contribution in [0.25, 0.3) is 17.3 Å². The van der Waals surface area contributed by atoms with Gasteiger partial charge in [0.1, 0.15) is 5.69 Å². The number of hydrogen-bond acceptors (Lipinski definition) is 4. The first kappa shape index (κ1) is 19.5. The molecular formula is C24H23N5O. The first-order valence-corrected chi connectivity index (χ1v) is 9.88. The van der Waals surface area contributed by atoms with Crippen LogP contribution in [0, 0.1) is 0 Å². The van der Waals surface area contributed by atoms with Crippen molar-refractivity contribution < 1.29 is 4.79 Å². The van der Waals surface area contributed by atoms with Gasteiger partial charge in [-0.25, -0.2) is 0 Å². The summed E-state index contributed by atoms with van der Waals surface area (Å²) < 4.78 is 3.67. The smallest absolute Gasteiger partial charge is 0.189 e. The number of rotatable bonds is 7. The molecular weight excluding hydrogens is 374 g/mol. The Hall–Kier alpha value is -3.80. The minimum Gasteiger partial charge on any atom is -0.289 e. The van der Waals surface area contributed by atoms with Crippen LogP contribution in [0.4, 0.5) is 0 Å². The zero-order chi connectivity index (χ0) is 20.9. The Morgan fingerprint density at radius 3 is 2.60 bits per heavy atom. The number of benzene rings is 1. The van der Waals surface area contributed by atoms with Crippen molar-refractivity contribution in [2.45, 2.75) is 26.4 Å². The summed E-state index contributed by atoms with van der Waals surface area (Å²) in [5.41, 5.74) is 4.29. The maximum absolute atomic E-state index is 12.6. The molecule has 0 saturated carbocycles. The SMILES string of the molecule is CC(C)n1cc(C(=O)/C=C/c2cn(Cc3ccccc3)nc2-c2cccnc2)cn1. The van der Waals surface area contributed by atoms with Crippen LogP contribution in [-0.2, 0) is 6.54 Å². The van der Waals surface area contributed by atoms with Gasteiger partial charge in [0.05, 0.1) is 18.3 Å². The summed E-state index contributed by atoms with van der Waals surface area (Å²) in [4.78, 5) is 16.8. The summed E-state index contributed by atoms with van der Waals surface area (Å²) in [5, 5.41) is 9.00. The Kier molecular flexibility index (Phi) is 5.66. The Labute approximate surface area is 175 Å². The van der Waals surface area contributed by atoms with E-state index < -0.39 is 0 Å². The van der Waals surface area contributed by atoms with E-state index >= 15 is 0 Å². The van der Waals surface area contributed by atoms with Gasteiger partial charge in [-0.15, -0.1) is 0 Å². The molecule has 0 spiro atoms. The lowest BCUT2D eigenvalue weighted by Gasteiger charge is -2.02. The molecule has 0 aliphatic heterocycles. The van der Waals surface area contributed by atoms with Gasteiger partial charge in [0, 0.05) is 42.0 Å². The fourth-order valence-corrected chi connectivity index (χ4v) is 3.15. The number of hydrogen-bond donors (Lipinski definition) is 0. The van der Waals surface area contributed by atoms with E-state index in [1.807, 2.05) is 61.1 Å². The lowest BCUT2D eigenvalue weighted by atomic mass is 10.1. The number of carbonyl (C=O) groups excluding carboxylic acids is 1. The van der Waals surface area contributed by atoms with Crippen LogP contribution in [0.1, 0.15) is 41.4 Å². The Balaban J connectivity index is 1.63. The minimum absolute atomic E-state index is 0.0881. The largest absolute Gasteiger partial charge is 0.289 e. The molecule has 0 aliphatic rings. The first-order valence-electron chi connectivity index (χ1n) is 9.88. The predicted octanol–water partition coefficient (Wildman–Crippen LogP) is 4.67. The molecule has 0 amide bonds. The molecule has 0 N–H and O–H groups in total. The molecule has 0 aliphatic carbocycles. The van der Waals surface area contributed by atoms with Gasteiger partial charge < -0.3 is 0 Å². The number of pyridine rings is 1. The van der Waals surface area contributed by atoms with E-state index in [0.29, 0.717) is 12.1 Å². The van der Waals surface area contributed by atoms with Gasteiger partial charge >= 0.3 is 0 Å². The highest BCUT2D eigenvalue weighted by atomic mass is 16.1. The molecule has 4 rings (SSSR count). The Morgan fingerprint density at radius 2 is 1.90 bits per heavy atom. The molecule has 30 heavy (non-hydrogen) atoms. The minimum atomic E-state index is -0.0881. The average molecular weight is 397 g/mol. The van der Waals surface area contributed by atoms with E-state index in [-0.39, 0.29) is 11.8 Å². The molecule has 0 atom stereocenters. The van der Waals surface area contributed by atoms with E-state index in [1.165, 1.54) is 0 Å². The Morgan fingerprint density at radius 1 is 1.07 bits per heavy atom. The molecule has 1 aromatic carbocycles. The molecule has 6 nitrogen and oxygen atoms in total. The summed E-state index contributed by atoms with van der Waals surface area (Å²) in [7, 11) is 0. The quantitative estimate of drug-likeness (QED) is 0.336. The predicted molar refractivity (Wildman–Crippen MR) is 117 cm³/mol. The van der Waals surface area contributed by atoms with Crippen molar-refractivity contribution >= 4 is 11.9 Å². The van der Waals surface area contributed by atoms with Crippen LogP contribution >= 0.6 is 0 Å². The van der Waals surface area contributed by atoms with Gasteiger partial charge in [0.25, 0.3) is 0 Å². The summed E-state index contributed by atoms with van der Waals surface area (Å²) in [6.45, 7) is 4.70. The van der Waals surface area contributed by atoms with Gasteiger partial charge in [-0.3, -0.25) is 19.1 Å². The molecule has 3 heterocycles. The zero-order valence-electron chi connectivity index (χ0n) is 17.0. The van der Waals surface area contributed by atoms with Crippen LogP contribution in [0.2, 0.25) is 0 Å². The zero-order valence-corrected chi connectivity index (χ0v) is 17.0. The molecule has 6 heteroatoms. The average Bonchev–Trinajstić information content (AvgIpc) is 3.41. The van der Waals surface area contributed by atoms with E-state index in [0.717, 1.165) is 22.4 Å². The van der Waals surface area contributed by atoms with Gasteiger partial charge in [-0.1, -0.05) is 30.3 Å². The van der Waals surface area contributed by atoms with Crippen molar-refractivity contribution in [1.82, 2.24) is 24.5 Å². The molecule has 0 radical (unpaired) electrons. The van der Waals surface area contributed by atoms with Crippen LogP contribution in [0.5, 0.6) is 0 Å². The van der Waals surface area contributed by atoms with Crippen molar-refractivity contribution in [2.75, 3.05) is 0 Å². The second kappa shape index (κ2) is 8.69. The van der Waals surface area contributed by atoms with Crippen LogP contribution in [0.3, 0.4) is 0 Å². The maximum Gasteiger partial charge on any atom is 0.189 e. The maximum atomic E-state index is 12.6. The van der Waals surface area contributed by atoms with Crippen LogP contribution in [0.15, 0.2) is 79.5 Å². The third-order valence-electron chi connectivity index (χ3n) is 4.74. The second-order valence-electron chi connectivity index (χ2n) is 7.36. The lowest BCUT2D eigenvalue weighted by Crippen LogP contribution is -2.00. The lowest BCUT2D eigenvalue weighted by molar-refractivity contribution is 0.104. The third-order valence-corrected chi connectivity index (χ3v) is 4.74. The van der Waals surface area contributed by atoms with Gasteiger partial charge in [0.2, 0.25) is 0 Å². The van der Waals surface area contributed by atoms with E-state index in [4.69, 9.17) is 5.10 Å². The van der Waals surface area contributed by atoms with Gasteiger partial charge in [-0.2, -0.15) is 10.2 Å². The summed E-state index contributed by atoms with van der Waals surface area (Å²) in [6.07, 6.45) is 12.2. The fraction of sp³-hybridized carbons (Fsp3) is 0.167. The van der Waals surface area contributed by atoms with Gasteiger partial charge in [-0.05, 0) is 43.7 Å². The molecule has 0 unspecified atom stereocenters. The normalized spacial score (nSPS) is 11.4. The topological polar surface area (TPSA) is 65.6 Å². The van der Waals surface area contributed by atoms with Crippen molar-refractivity contribution in [3.05, 3.63) is 96.2 Å². The molecule has 3 aromatic heterocycles. The summed E-state index contributed by atoms with van der Waals surface area (Å²) >= 11 is 0. The van der Waals surface area contributed by atoms with Crippen molar-refractivity contribution in [2.24, 2.45) is 0 Å². The second-order valence-corrected chi connectivity index (χ2v) is 7.36. The number of ketones is 1. The highest BCUT2D eigenvalue weighted by Gasteiger charge is 2.12. The van der Waals surface area contributed by atoms with E-state index in [1.54, 1.807) is 35.5 Å². The number of allylic oxidation sites excluding steroid dienone is 1. The highest BCUT2D eigenvalue weighted by molar-refractivity contribution is 6.06. The van der Waals surface area contributed by atoms with E-state index in [2.05, 4.69) is 22.2 Å². The number of carbonyl (C=O) groups is 1. The third kappa shape index (κ3) is 4.43. The Bertz CT molecular complexity index is 1160. The fourth-order valence-electron chi connectivity index (χ4n) is 3.15. The molecule has 4 aromatic rings. The van der Waals surface area contributed by atoms with Gasteiger partial charge in [0.15, 0.2) is 5.78 Å². The number of aromatic nitrogens is 5. The summed E-state index contributed by atoms with van der Waals surface area (Å²) in [6, 6.07) is 14.2. The van der Waals surface area contributed by atoms with Crippen molar-refractivity contribution in [3.8, 4) is 11.3 Å². The standard InChI is InChI=1S/C24H23N5O/c1-18(2)29-17-22(14-26-29)23(30)11-10-21-16-28(15-19-7-4-3-5-8-19)27-24(21)20-9-6-12-25-13-20/h3-14,16-18H,15H2,1-2H3/b11-10+.